The molecule has 0 nitrogen and oxygen atoms in total. The molecule has 0 aliphatic heterocycles. The van der Waals surface area contributed by atoms with Crippen LogP contribution in [0.25, 0.3) is 5.57 Å². The van der Waals surface area contributed by atoms with E-state index in [4.69, 9.17) is 0 Å². The smallest absolute Gasteiger partial charge is 0.131 e. The Bertz CT molecular complexity index is 703. The average molecular weight is 339 g/mol. The van der Waals surface area contributed by atoms with E-state index < -0.39 is 0 Å². The van der Waals surface area contributed by atoms with Crippen molar-refractivity contribution in [3.63, 3.8) is 0 Å². The van der Waals surface area contributed by atoms with Crippen LogP contribution in [0, 0.1) is 19.7 Å². The van der Waals surface area contributed by atoms with Crippen molar-refractivity contribution in [3.05, 3.63) is 88.8 Å². The molecule has 0 spiro atoms. The van der Waals surface area contributed by atoms with Gasteiger partial charge < -0.3 is 0 Å². The van der Waals surface area contributed by atoms with Gasteiger partial charge in [-0.15, -0.1) is 6.58 Å². The quantitative estimate of drug-likeness (QED) is 0.337. The monoisotopic (exact) mass is 338 g/mol. The van der Waals surface area contributed by atoms with Crippen molar-refractivity contribution >= 4 is 5.57 Å². The summed E-state index contributed by atoms with van der Waals surface area (Å²) in [6.45, 7) is 17.9. The summed E-state index contributed by atoms with van der Waals surface area (Å²) >= 11 is 0. The van der Waals surface area contributed by atoms with Gasteiger partial charge in [-0.2, -0.15) is 0 Å². The fourth-order valence-electron chi connectivity index (χ4n) is 3.06. The molecule has 0 unspecified atom stereocenters. The molecular weight excluding hydrogens is 307 g/mol. The van der Waals surface area contributed by atoms with Crippen molar-refractivity contribution in [1.82, 2.24) is 0 Å². The molecule has 0 amide bonds. The maximum atomic E-state index is 14.7. The first kappa shape index (κ1) is 20.9. The number of halogens is 1. The molecule has 0 saturated heterocycles. The molecular formula is C24H31F. The largest absolute Gasteiger partial charge is 0.206 e. The fourth-order valence-corrected chi connectivity index (χ4v) is 3.06. The van der Waals surface area contributed by atoms with Crippen molar-refractivity contribution in [1.29, 1.82) is 0 Å². The summed E-state index contributed by atoms with van der Waals surface area (Å²) < 4.78 is 14.7. The van der Waals surface area contributed by atoms with E-state index >= 15 is 0 Å². The molecule has 1 heteroatoms. The summed E-state index contributed by atoms with van der Waals surface area (Å²) in [5, 5.41) is 0. The molecule has 0 aliphatic carbocycles. The Hall–Kier alpha value is -2.15. The Morgan fingerprint density at radius 2 is 1.84 bits per heavy atom. The third-order valence-corrected chi connectivity index (χ3v) is 4.24. The molecule has 1 aromatic carbocycles. The van der Waals surface area contributed by atoms with Crippen LogP contribution in [0.1, 0.15) is 56.7 Å². The molecule has 25 heavy (non-hydrogen) atoms. The van der Waals surface area contributed by atoms with Crippen LogP contribution in [0.2, 0.25) is 0 Å². The Balaban J connectivity index is 3.60. The van der Waals surface area contributed by atoms with E-state index in [1.807, 2.05) is 39.8 Å². The van der Waals surface area contributed by atoms with Gasteiger partial charge in [0, 0.05) is 5.56 Å². The summed E-state index contributed by atoms with van der Waals surface area (Å²) in [7, 11) is 0. The number of benzene rings is 1. The van der Waals surface area contributed by atoms with E-state index in [1.54, 1.807) is 12.1 Å². The van der Waals surface area contributed by atoms with E-state index in [-0.39, 0.29) is 5.82 Å². The van der Waals surface area contributed by atoms with Gasteiger partial charge in [-0.1, -0.05) is 49.4 Å². The molecule has 0 radical (unpaired) electrons. The second kappa shape index (κ2) is 9.98. The van der Waals surface area contributed by atoms with Crippen molar-refractivity contribution in [2.75, 3.05) is 0 Å². The highest BCUT2D eigenvalue weighted by molar-refractivity contribution is 5.75. The average Bonchev–Trinajstić information content (AvgIpc) is 2.51. The van der Waals surface area contributed by atoms with Gasteiger partial charge in [0.05, 0.1) is 0 Å². The van der Waals surface area contributed by atoms with Crippen LogP contribution in [-0.2, 0) is 0 Å². The molecule has 1 aromatic rings. The van der Waals surface area contributed by atoms with Crippen LogP contribution >= 0.6 is 0 Å². The first-order valence-electron chi connectivity index (χ1n) is 8.92. The minimum atomic E-state index is -0.153. The van der Waals surface area contributed by atoms with E-state index in [0.717, 1.165) is 52.7 Å². The second-order valence-corrected chi connectivity index (χ2v) is 6.67. The minimum absolute atomic E-state index is 0.153. The van der Waals surface area contributed by atoms with Crippen LogP contribution in [0.4, 0.5) is 4.39 Å². The van der Waals surface area contributed by atoms with Crippen molar-refractivity contribution in [2.45, 2.75) is 53.9 Å². The highest BCUT2D eigenvalue weighted by Gasteiger charge is 2.15. The van der Waals surface area contributed by atoms with Crippen molar-refractivity contribution < 1.29 is 4.39 Å². The number of aryl methyl sites for hydroxylation is 2. The lowest BCUT2D eigenvalue weighted by atomic mass is 9.88. The first-order valence-corrected chi connectivity index (χ1v) is 8.92. The summed E-state index contributed by atoms with van der Waals surface area (Å²) in [5.74, 6) is -0.153. The summed E-state index contributed by atoms with van der Waals surface area (Å²) in [4.78, 5) is 0. The zero-order valence-electron chi connectivity index (χ0n) is 16.4. The van der Waals surface area contributed by atoms with E-state index in [2.05, 4.69) is 32.2 Å². The lowest BCUT2D eigenvalue weighted by molar-refractivity contribution is 0.621. The molecule has 0 aromatic heterocycles. The van der Waals surface area contributed by atoms with Crippen molar-refractivity contribution in [2.24, 2.45) is 0 Å². The molecule has 0 atom stereocenters. The topological polar surface area (TPSA) is 0 Å². The molecule has 0 N–H and O–H groups in total. The van der Waals surface area contributed by atoms with Gasteiger partial charge in [0.25, 0.3) is 0 Å². The summed E-state index contributed by atoms with van der Waals surface area (Å²) in [6, 6.07) is 3.65. The van der Waals surface area contributed by atoms with Gasteiger partial charge in [-0.3, -0.25) is 0 Å². The van der Waals surface area contributed by atoms with Crippen LogP contribution in [0.5, 0.6) is 0 Å². The van der Waals surface area contributed by atoms with Gasteiger partial charge in [0.1, 0.15) is 5.82 Å². The SMILES string of the molecule is C=C/C=C(\C=C/CC)C(/CCC(=C)C)=C(/C)c1c(C)cc(C)cc1F. The summed E-state index contributed by atoms with van der Waals surface area (Å²) in [5.41, 5.74) is 6.99. The maximum Gasteiger partial charge on any atom is 0.131 e. The predicted molar refractivity (Wildman–Crippen MR) is 110 cm³/mol. The third-order valence-electron chi connectivity index (χ3n) is 4.24. The number of allylic oxidation sites excluding steroid dienone is 8. The molecule has 0 bridgehead atoms. The Morgan fingerprint density at radius 1 is 1.16 bits per heavy atom. The third kappa shape index (κ3) is 6.01. The number of hydrogen-bond acceptors (Lipinski definition) is 0. The van der Waals surface area contributed by atoms with Gasteiger partial charge in [-0.25, -0.2) is 4.39 Å². The van der Waals surface area contributed by atoms with Gasteiger partial charge in [0.2, 0.25) is 0 Å². The van der Waals surface area contributed by atoms with Gasteiger partial charge >= 0.3 is 0 Å². The molecule has 0 saturated carbocycles. The normalized spacial score (nSPS) is 13.1. The van der Waals surface area contributed by atoms with E-state index in [9.17, 15) is 4.39 Å². The molecule has 0 fully saturated rings. The van der Waals surface area contributed by atoms with Crippen LogP contribution in [0.15, 0.2) is 66.3 Å². The Kier molecular flexibility index (Phi) is 8.34. The predicted octanol–water partition coefficient (Wildman–Crippen LogP) is 7.65. The van der Waals surface area contributed by atoms with Crippen molar-refractivity contribution in [3.8, 4) is 0 Å². The molecule has 0 heterocycles. The maximum absolute atomic E-state index is 14.7. The number of hydrogen-bond donors (Lipinski definition) is 0. The Labute approximate surface area is 153 Å². The van der Waals surface area contributed by atoms with Gasteiger partial charge in [-0.05, 0) is 80.9 Å². The lowest BCUT2D eigenvalue weighted by Gasteiger charge is -2.17. The zero-order chi connectivity index (χ0) is 19.0. The van der Waals surface area contributed by atoms with E-state index in [1.165, 1.54) is 0 Å². The molecule has 0 aliphatic rings. The standard InChI is InChI=1S/C24H31F/c1-8-10-12-21(11-9-2)22(14-13-17(3)4)20(7)24-19(6)15-18(5)16-23(24)25/h9-12,15-16H,2-3,8,13-14H2,1,4-7H3/b12-10-,21-11+,22-20-. The fraction of sp³-hybridized carbons (Fsp3) is 0.333. The highest BCUT2D eigenvalue weighted by Crippen LogP contribution is 2.32. The second-order valence-electron chi connectivity index (χ2n) is 6.67. The highest BCUT2D eigenvalue weighted by atomic mass is 19.1. The van der Waals surface area contributed by atoms with Crippen LogP contribution in [0.3, 0.4) is 0 Å². The zero-order valence-corrected chi connectivity index (χ0v) is 16.4. The molecule has 134 valence electrons. The van der Waals surface area contributed by atoms with E-state index in [0.29, 0.717) is 5.56 Å². The van der Waals surface area contributed by atoms with Crippen LogP contribution < -0.4 is 0 Å². The Morgan fingerprint density at radius 3 is 2.36 bits per heavy atom. The van der Waals surface area contributed by atoms with Crippen LogP contribution in [-0.4, -0.2) is 0 Å². The lowest BCUT2D eigenvalue weighted by Crippen LogP contribution is -1.99. The minimum Gasteiger partial charge on any atom is -0.206 e. The molecule has 1 rings (SSSR count). The first-order chi connectivity index (χ1) is 11.8. The van der Waals surface area contributed by atoms with Gasteiger partial charge in [0.15, 0.2) is 0 Å². The number of rotatable bonds is 8. The summed E-state index contributed by atoms with van der Waals surface area (Å²) in [6.07, 6.45) is 10.7.